The maximum Gasteiger partial charge on any atom is 0.277 e. The highest BCUT2D eigenvalue weighted by Gasteiger charge is 2.25. The van der Waals surface area contributed by atoms with E-state index in [1.54, 1.807) is 30.5 Å². The van der Waals surface area contributed by atoms with E-state index in [0.717, 1.165) is 11.3 Å². The van der Waals surface area contributed by atoms with Crippen LogP contribution < -0.4 is 10.1 Å². The molecule has 5 nitrogen and oxygen atoms in total. The molecule has 7 heteroatoms. The normalized spacial score (nSPS) is 12.7. The van der Waals surface area contributed by atoms with Crippen LogP contribution >= 0.6 is 23.4 Å². The van der Waals surface area contributed by atoms with E-state index >= 15 is 0 Å². The van der Waals surface area contributed by atoms with Gasteiger partial charge in [0.05, 0.1) is 23.8 Å². The number of ether oxygens (including phenoxy) is 1. The van der Waals surface area contributed by atoms with Crippen LogP contribution in [0.4, 0.5) is 0 Å². The van der Waals surface area contributed by atoms with Crippen LogP contribution in [0.25, 0.3) is 0 Å². The van der Waals surface area contributed by atoms with Crippen molar-refractivity contribution in [3.63, 3.8) is 0 Å². The van der Waals surface area contributed by atoms with E-state index in [0.29, 0.717) is 17.9 Å². The van der Waals surface area contributed by atoms with Gasteiger partial charge < -0.3 is 14.5 Å². The SMILES string of the molecule is O=C(N[C@@H](Cc1ccccc1)C(=O)CSCc1ccco1)C(Cl)Oc1ccccc1. The second kappa shape index (κ2) is 11.5. The van der Waals surface area contributed by atoms with Crippen molar-refractivity contribution in [2.45, 2.75) is 23.8 Å². The van der Waals surface area contributed by atoms with Gasteiger partial charge in [-0.05, 0) is 36.2 Å². The van der Waals surface area contributed by atoms with E-state index in [1.165, 1.54) is 11.8 Å². The Balaban J connectivity index is 1.60. The van der Waals surface area contributed by atoms with Gasteiger partial charge in [-0.3, -0.25) is 9.59 Å². The fourth-order valence-electron chi connectivity index (χ4n) is 2.75. The van der Waals surface area contributed by atoms with Gasteiger partial charge in [0.2, 0.25) is 5.56 Å². The molecule has 3 aromatic rings. The summed E-state index contributed by atoms with van der Waals surface area (Å²) in [4.78, 5) is 25.4. The second-order valence-electron chi connectivity index (χ2n) is 6.54. The second-order valence-corrected chi connectivity index (χ2v) is 7.92. The monoisotopic (exact) mass is 443 g/mol. The zero-order valence-electron chi connectivity index (χ0n) is 16.2. The summed E-state index contributed by atoms with van der Waals surface area (Å²) in [6.07, 6.45) is 1.98. The van der Waals surface area contributed by atoms with E-state index in [2.05, 4.69) is 5.32 Å². The van der Waals surface area contributed by atoms with Crippen molar-refractivity contribution < 1.29 is 18.7 Å². The molecular weight excluding hydrogens is 422 g/mol. The van der Waals surface area contributed by atoms with E-state index in [9.17, 15) is 9.59 Å². The van der Waals surface area contributed by atoms with Crippen LogP contribution in [-0.4, -0.2) is 29.0 Å². The molecule has 2 atom stereocenters. The van der Waals surface area contributed by atoms with Crippen molar-refractivity contribution in [2.24, 2.45) is 0 Å². The smallest absolute Gasteiger partial charge is 0.277 e. The number of amides is 1. The molecule has 30 heavy (non-hydrogen) atoms. The molecule has 1 heterocycles. The maximum absolute atomic E-state index is 12.8. The predicted molar refractivity (Wildman–Crippen MR) is 119 cm³/mol. The molecule has 0 aliphatic heterocycles. The van der Waals surface area contributed by atoms with Gasteiger partial charge in [0.1, 0.15) is 11.5 Å². The Bertz CT molecular complexity index is 919. The molecule has 2 aromatic carbocycles. The number of thioether (sulfide) groups is 1. The minimum atomic E-state index is -1.24. The third kappa shape index (κ3) is 6.97. The molecule has 3 rings (SSSR count). The van der Waals surface area contributed by atoms with Gasteiger partial charge >= 0.3 is 0 Å². The Hall–Kier alpha value is -2.70. The fraction of sp³-hybridized carbons (Fsp3) is 0.217. The number of para-hydroxylation sites is 1. The number of Topliss-reactive ketones (excluding diaryl/α,β-unsaturated/α-hetero) is 1. The Labute approximate surface area is 184 Å². The van der Waals surface area contributed by atoms with Crippen LogP contribution in [0.2, 0.25) is 0 Å². The van der Waals surface area contributed by atoms with E-state index < -0.39 is 17.5 Å². The largest absolute Gasteiger partial charge is 0.468 e. The van der Waals surface area contributed by atoms with Crippen LogP contribution in [-0.2, 0) is 21.8 Å². The summed E-state index contributed by atoms with van der Waals surface area (Å²) in [7, 11) is 0. The van der Waals surface area contributed by atoms with E-state index in [1.807, 2.05) is 48.5 Å². The number of hydrogen-bond acceptors (Lipinski definition) is 5. The number of rotatable bonds is 11. The maximum atomic E-state index is 12.8. The lowest BCUT2D eigenvalue weighted by atomic mass is 10.0. The quantitative estimate of drug-likeness (QED) is 0.443. The number of alkyl halides is 1. The first-order valence-electron chi connectivity index (χ1n) is 9.45. The van der Waals surface area contributed by atoms with Gasteiger partial charge in [-0.1, -0.05) is 60.1 Å². The molecule has 0 aliphatic carbocycles. The number of hydrogen-bond donors (Lipinski definition) is 1. The minimum Gasteiger partial charge on any atom is -0.468 e. The molecule has 0 spiro atoms. The number of benzene rings is 2. The van der Waals surface area contributed by atoms with Gasteiger partial charge in [0.25, 0.3) is 5.91 Å². The standard InChI is InChI=1S/C23H22ClNO4S/c24-22(29-18-10-5-2-6-11-18)23(27)25-20(14-17-8-3-1-4-9-17)21(26)16-30-15-19-12-7-13-28-19/h1-13,20,22H,14-16H2,(H,25,27)/t20-,22?/m0/s1. The first-order valence-corrected chi connectivity index (χ1v) is 11.0. The van der Waals surface area contributed by atoms with Crippen molar-refractivity contribution in [2.75, 3.05) is 5.75 Å². The van der Waals surface area contributed by atoms with Crippen LogP contribution in [0.15, 0.2) is 83.5 Å². The lowest BCUT2D eigenvalue weighted by molar-refractivity contribution is -0.129. The topological polar surface area (TPSA) is 68.5 Å². The zero-order valence-corrected chi connectivity index (χ0v) is 17.8. The molecule has 0 fully saturated rings. The van der Waals surface area contributed by atoms with Gasteiger partial charge in [-0.25, -0.2) is 0 Å². The number of carbonyl (C=O) groups excluding carboxylic acids is 2. The van der Waals surface area contributed by atoms with Crippen LogP contribution in [0.5, 0.6) is 5.75 Å². The third-order valence-electron chi connectivity index (χ3n) is 4.25. The molecule has 0 aliphatic rings. The van der Waals surface area contributed by atoms with Crippen molar-refractivity contribution in [1.29, 1.82) is 0 Å². The highest BCUT2D eigenvalue weighted by molar-refractivity contribution is 7.99. The summed E-state index contributed by atoms with van der Waals surface area (Å²) in [6.45, 7) is 0. The first-order chi connectivity index (χ1) is 14.6. The molecule has 1 N–H and O–H groups in total. The van der Waals surface area contributed by atoms with E-state index in [4.69, 9.17) is 20.8 Å². The Morgan fingerprint density at radius 1 is 1.00 bits per heavy atom. The molecule has 0 bridgehead atoms. The van der Waals surface area contributed by atoms with Gasteiger partial charge in [0, 0.05) is 0 Å². The lowest BCUT2D eigenvalue weighted by Gasteiger charge is -2.20. The lowest BCUT2D eigenvalue weighted by Crippen LogP contribution is -2.47. The molecule has 1 unspecified atom stereocenters. The van der Waals surface area contributed by atoms with Gasteiger partial charge in [-0.2, -0.15) is 0 Å². The molecule has 1 amide bonds. The highest BCUT2D eigenvalue weighted by atomic mass is 35.5. The van der Waals surface area contributed by atoms with Crippen molar-refractivity contribution in [3.05, 3.63) is 90.4 Å². The Kier molecular flexibility index (Phi) is 8.41. The van der Waals surface area contributed by atoms with Crippen molar-refractivity contribution in [1.82, 2.24) is 5.32 Å². The third-order valence-corrected chi connectivity index (χ3v) is 5.51. The van der Waals surface area contributed by atoms with Crippen LogP contribution in [0, 0.1) is 0 Å². The molecule has 1 aromatic heterocycles. The number of ketones is 1. The van der Waals surface area contributed by atoms with Gasteiger partial charge in [0.15, 0.2) is 5.78 Å². The average Bonchev–Trinajstić information content (AvgIpc) is 3.28. The summed E-state index contributed by atoms with van der Waals surface area (Å²) in [5, 5.41) is 2.75. The summed E-state index contributed by atoms with van der Waals surface area (Å²) < 4.78 is 10.7. The molecule has 0 radical (unpaired) electrons. The number of carbonyl (C=O) groups is 2. The van der Waals surface area contributed by atoms with Crippen LogP contribution in [0.1, 0.15) is 11.3 Å². The fourth-order valence-corrected chi connectivity index (χ4v) is 3.79. The Morgan fingerprint density at radius 3 is 2.37 bits per heavy atom. The van der Waals surface area contributed by atoms with Crippen molar-refractivity contribution in [3.8, 4) is 5.75 Å². The first kappa shape index (κ1) is 22.0. The number of furan rings is 1. The minimum absolute atomic E-state index is 0.0904. The molecular formula is C23H22ClNO4S. The number of nitrogens with one attached hydrogen (secondary N) is 1. The molecule has 0 saturated carbocycles. The average molecular weight is 444 g/mol. The Morgan fingerprint density at radius 2 is 1.70 bits per heavy atom. The summed E-state index contributed by atoms with van der Waals surface area (Å²) in [6, 6.07) is 21.3. The predicted octanol–water partition coefficient (Wildman–Crippen LogP) is 4.45. The molecule has 0 saturated heterocycles. The molecule has 156 valence electrons. The highest BCUT2D eigenvalue weighted by Crippen LogP contribution is 2.16. The van der Waals surface area contributed by atoms with Crippen molar-refractivity contribution >= 4 is 35.1 Å². The summed E-state index contributed by atoms with van der Waals surface area (Å²) in [5.74, 6) is 1.46. The van der Waals surface area contributed by atoms with E-state index in [-0.39, 0.29) is 11.5 Å². The number of halogens is 1. The van der Waals surface area contributed by atoms with Crippen LogP contribution in [0.3, 0.4) is 0 Å². The van der Waals surface area contributed by atoms with Gasteiger partial charge in [-0.15, -0.1) is 11.8 Å². The summed E-state index contributed by atoms with van der Waals surface area (Å²) in [5.41, 5.74) is -0.295. The zero-order chi connectivity index (χ0) is 21.2. The summed E-state index contributed by atoms with van der Waals surface area (Å²) >= 11 is 7.56.